The topological polar surface area (TPSA) is 34.9 Å². The normalized spacial score (nSPS) is 14.3. The Kier molecular flexibility index (Phi) is 1.96. The average molecular weight is 254 g/mol. The summed E-state index contributed by atoms with van der Waals surface area (Å²) < 4.78 is 2.17. The quantitative estimate of drug-likeness (QED) is 0.667. The summed E-state index contributed by atoms with van der Waals surface area (Å²) in [5, 5.41) is 4.15. The van der Waals surface area contributed by atoms with Gasteiger partial charge < -0.3 is 4.57 Å². The number of benzene rings is 1. The van der Waals surface area contributed by atoms with E-state index in [9.17, 15) is 4.79 Å². The third-order valence-electron chi connectivity index (χ3n) is 3.41. The Morgan fingerprint density at radius 1 is 1.28 bits per heavy atom. The zero-order valence-electron chi connectivity index (χ0n) is 9.59. The molecule has 0 saturated heterocycles. The van der Waals surface area contributed by atoms with Crippen molar-refractivity contribution in [2.24, 2.45) is 0 Å². The number of aromatic nitrogens is 2. The van der Waals surface area contributed by atoms with Crippen molar-refractivity contribution in [1.29, 1.82) is 0 Å². The van der Waals surface area contributed by atoms with Gasteiger partial charge in [0, 0.05) is 29.5 Å². The molecule has 0 fully saturated rings. The van der Waals surface area contributed by atoms with Crippen LogP contribution in [0.1, 0.15) is 16.8 Å². The highest BCUT2D eigenvalue weighted by Gasteiger charge is 2.23. The molecule has 3 aromatic rings. The van der Waals surface area contributed by atoms with Gasteiger partial charge in [0.15, 0.2) is 5.78 Å². The largest absolute Gasteiger partial charge is 0.323 e. The van der Waals surface area contributed by atoms with Gasteiger partial charge in [0.1, 0.15) is 5.82 Å². The summed E-state index contributed by atoms with van der Waals surface area (Å²) in [6, 6.07) is 7.87. The van der Waals surface area contributed by atoms with Crippen molar-refractivity contribution < 1.29 is 4.79 Å². The molecule has 1 aliphatic heterocycles. The molecular formula is C14H10N2OS. The van der Waals surface area contributed by atoms with E-state index in [2.05, 4.69) is 26.4 Å². The number of rotatable bonds is 1. The molecule has 0 unspecified atom stereocenters. The number of imidazole rings is 1. The van der Waals surface area contributed by atoms with Gasteiger partial charge in [-0.25, -0.2) is 4.98 Å². The van der Waals surface area contributed by atoms with Gasteiger partial charge in [0.05, 0.1) is 11.0 Å². The van der Waals surface area contributed by atoms with E-state index in [4.69, 9.17) is 0 Å². The standard InChI is InChI=1S/C14H10N2OS/c17-12-4-6-16-13-10(12)2-1-3-11(13)15-14(16)9-5-7-18-8-9/h1-3,5,7-8H,4,6H2. The van der Waals surface area contributed by atoms with Gasteiger partial charge >= 0.3 is 0 Å². The van der Waals surface area contributed by atoms with Crippen LogP contribution in [0, 0.1) is 0 Å². The first-order chi connectivity index (χ1) is 8.84. The van der Waals surface area contributed by atoms with E-state index in [-0.39, 0.29) is 5.78 Å². The molecule has 1 aromatic carbocycles. The molecule has 88 valence electrons. The van der Waals surface area contributed by atoms with Crippen LogP contribution in [-0.2, 0) is 6.54 Å². The van der Waals surface area contributed by atoms with Gasteiger partial charge in [-0.1, -0.05) is 6.07 Å². The Bertz CT molecular complexity index is 756. The molecule has 0 bridgehead atoms. The number of Topliss-reactive ketones (excluding diaryl/α,β-unsaturated/α-hetero) is 1. The zero-order valence-corrected chi connectivity index (χ0v) is 10.4. The summed E-state index contributed by atoms with van der Waals surface area (Å²) in [6.45, 7) is 0.734. The SMILES string of the molecule is O=C1CCn2c(-c3ccsc3)nc3cccc1c32. The van der Waals surface area contributed by atoms with E-state index < -0.39 is 0 Å². The molecule has 1 aliphatic rings. The fourth-order valence-electron chi connectivity index (χ4n) is 2.59. The van der Waals surface area contributed by atoms with Gasteiger partial charge in [-0.05, 0) is 23.6 Å². The van der Waals surface area contributed by atoms with E-state index in [0.717, 1.165) is 34.5 Å². The lowest BCUT2D eigenvalue weighted by Crippen LogP contribution is -2.14. The number of aryl methyl sites for hydroxylation is 1. The Balaban J connectivity index is 2.12. The van der Waals surface area contributed by atoms with Crippen LogP contribution < -0.4 is 0 Å². The molecule has 0 amide bonds. The fourth-order valence-corrected chi connectivity index (χ4v) is 3.22. The highest BCUT2D eigenvalue weighted by molar-refractivity contribution is 7.08. The van der Waals surface area contributed by atoms with Gasteiger partial charge in [-0.3, -0.25) is 4.79 Å². The third-order valence-corrected chi connectivity index (χ3v) is 4.09. The van der Waals surface area contributed by atoms with Crippen molar-refractivity contribution in [3.8, 4) is 11.4 Å². The van der Waals surface area contributed by atoms with E-state index in [1.54, 1.807) is 11.3 Å². The zero-order chi connectivity index (χ0) is 12.1. The predicted octanol–water partition coefficient (Wildman–Crippen LogP) is 3.35. The van der Waals surface area contributed by atoms with E-state index in [1.165, 1.54) is 0 Å². The van der Waals surface area contributed by atoms with Crippen molar-refractivity contribution >= 4 is 28.2 Å². The maximum Gasteiger partial charge on any atom is 0.166 e. The highest BCUT2D eigenvalue weighted by atomic mass is 32.1. The third kappa shape index (κ3) is 1.24. The molecule has 4 rings (SSSR count). The average Bonchev–Trinajstić information content (AvgIpc) is 3.02. The number of hydrogen-bond acceptors (Lipinski definition) is 3. The molecule has 3 heterocycles. The van der Waals surface area contributed by atoms with Crippen LogP contribution in [0.15, 0.2) is 35.0 Å². The first-order valence-electron chi connectivity index (χ1n) is 5.89. The Morgan fingerprint density at radius 3 is 3.06 bits per heavy atom. The minimum absolute atomic E-state index is 0.227. The Labute approximate surface area is 108 Å². The maximum atomic E-state index is 11.9. The molecule has 4 heteroatoms. The number of nitrogens with zero attached hydrogens (tertiary/aromatic N) is 2. The first-order valence-corrected chi connectivity index (χ1v) is 6.84. The van der Waals surface area contributed by atoms with Crippen LogP contribution in [0.3, 0.4) is 0 Å². The lowest BCUT2D eigenvalue weighted by Gasteiger charge is -2.15. The van der Waals surface area contributed by atoms with E-state index in [0.29, 0.717) is 6.42 Å². The van der Waals surface area contributed by atoms with Crippen molar-refractivity contribution in [2.45, 2.75) is 13.0 Å². The highest BCUT2D eigenvalue weighted by Crippen LogP contribution is 2.31. The lowest BCUT2D eigenvalue weighted by molar-refractivity contribution is 0.0973. The molecule has 0 spiro atoms. The molecule has 0 saturated carbocycles. The Morgan fingerprint density at radius 2 is 2.22 bits per heavy atom. The number of thiophene rings is 1. The van der Waals surface area contributed by atoms with Gasteiger partial charge in [0.2, 0.25) is 0 Å². The molecule has 0 aliphatic carbocycles. The minimum atomic E-state index is 0.227. The Hall–Kier alpha value is -1.94. The fraction of sp³-hybridized carbons (Fsp3) is 0.143. The van der Waals surface area contributed by atoms with Crippen LogP contribution in [0.2, 0.25) is 0 Å². The van der Waals surface area contributed by atoms with Crippen LogP contribution in [-0.4, -0.2) is 15.3 Å². The second-order valence-corrected chi connectivity index (χ2v) is 5.23. The molecule has 18 heavy (non-hydrogen) atoms. The predicted molar refractivity (Wildman–Crippen MR) is 72.0 cm³/mol. The van der Waals surface area contributed by atoms with Crippen molar-refractivity contribution in [3.63, 3.8) is 0 Å². The second-order valence-electron chi connectivity index (χ2n) is 4.45. The molecule has 2 aromatic heterocycles. The number of carbonyl (C=O) groups excluding carboxylic acids is 1. The molecule has 0 atom stereocenters. The summed E-state index contributed by atoms with van der Waals surface area (Å²) in [4.78, 5) is 16.6. The van der Waals surface area contributed by atoms with Gasteiger partial charge in [-0.15, -0.1) is 0 Å². The van der Waals surface area contributed by atoms with E-state index >= 15 is 0 Å². The number of carbonyl (C=O) groups is 1. The van der Waals surface area contributed by atoms with Gasteiger partial charge in [-0.2, -0.15) is 11.3 Å². The molecular weight excluding hydrogens is 244 g/mol. The van der Waals surface area contributed by atoms with Crippen LogP contribution in [0.25, 0.3) is 22.4 Å². The molecule has 3 nitrogen and oxygen atoms in total. The van der Waals surface area contributed by atoms with Crippen LogP contribution in [0.5, 0.6) is 0 Å². The molecule has 0 N–H and O–H groups in total. The number of ketones is 1. The minimum Gasteiger partial charge on any atom is -0.323 e. The second kappa shape index (κ2) is 3.53. The summed E-state index contributed by atoms with van der Waals surface area (Å²) in [7, 11) is 0. The van der Waals surface area contributed by atoms with Crippen LogP contribution in [0.4, 0.5) is 0 Å². The monoisotopic (exact) mass is 254 g/mol. The lowest BCUT2D eigenvalue weighted by atomic mass is 10.0. The summed E-state index contributed by atoms with van der Waals surface area (Å²) in [5.41, 5.74) is 3.86. The van der Waals surface area contributed by atoms with E-state index in [1.807, 2.05) is 18.2 Å². The molecule has 0 radical (unpaired) electrons. The van der Waals surface area contributed by atoms with Crippen molar-refractivity contribution in [3.05, 3.63) is 40.6 Å². The summed E-state index contributed by atoms with van der Waals surface area (Å²) >= 11 is 1.67. The van der Waals surface area contributed by atoms with Crippen molar-refractivity contribution in [1.82, 2.24) is 9.55 Å². The van der Waals surface area contributed by atoms with Crippen LogP contribution >= 0.6 is 11.3 Å². The number of para-hydroxylation sites is 1. The maximum absolute atomic E-state index is 11.9. The smallest absolute Gasteiger partial charge is 0.166 e. The van der Waals surface area contributed by atoms with Crippen molar-refractivity contribution in [2.75, 3.05) is 0 Å². The number of hydrogen-bond donors (Lipinski definition) is 0. The first kappa shape index (κ1) is 10.0. The van der Waals surface area contributed by atoms with Gasteiger partial charge in [0.25, 0.3) is 0 Å². The summed E-state index contributed by atoms with van der Waals surface area (Å²) in [5.74, 6) is 1.20. The summed E-state index contributed by atoms with van der Waals surface area (Å²) in [6.07, 6.45) is 0.569.